The molecule has 2 aromatic rings. The van der Waals surface area contributed by atoms with Crippen LogP contribution in [0.1, 0.15) is 30.3 Å². The molecule has 0 radical (unpaired) electrons. The van der Waals surface area contributed by atoms with Gasteiger partial charge in [0.05, 0.1) is 17.9 Å². The van der Waals surface area contributed by atoms with Crippen LogP contribution < -0.4 is 0 Å². The van der Waals surface area contributed by atoms with Crippen molar-refractivity contribution in [3.63, 3.8) is 0 Å². The predicted molar refractivity (Wildman–Crippen MR) is 77.3 cm³/mol. The van der Waals surface area contributed by atoms with E-state index in [1.807, 2.05) is 18.5 Å². The number of rotatable bonds is 3. The lowest BCUT2D eigenvalue weighted by Gasteiger charge is -2.31. The SMILES string of the molecule is Cc1cc(C)n(C2CCN(S(=O)(=O)c3cn[nH]c3)CC2)n1. The fourth-order valence-corrected chi connectivity index (χ4v) is 4.25. The minimum absolute atomic E-state index is 0.229. The largest absolute Gasteiger partial charge is 0.284 e. The number of nitrogens with one attached hydrogen (secondary N) is 1. The van der Waals surface area contributed by atoms with E-state index in [2.05, 4.69) is 21.4 Å². The van der Waals surface area contributed by atoms with Gasteiger partial charge >= 0.3 is 0 Å². The summed E-state index contributed by atoms with van der Waals surface area (Å²) in [5, 5.41) is 10.8. The van der Waals surface area contributed by atoms with Gasteiger partial charge in [0.15, 0.2) is 0 Å². The monoisotopic (exact) mass is 309 g/mol. The van der Waals surface area contributed by atoms with Crippen molar-refractivity contribution in [1.82, 2.24) is 24.3 Å². The zero-order valence-corrected chi connectivity index (χ0v) is 13.0. The van der Waals surface area contributed by atoms with Crippen LogP contribution in [0.3, 0.4) is 0 Å². The molecule has 3 heterocycles. The van der Waals surface area contributed by atoms with Crippen LogP contribution in [0.25, 0.3) is 0 Å². The number of aryl methyl sites for hydroxylation is 2. The summed E-state index contributed by atoms with van der Waals surface area (Å²) in [4.78, 5) is 0.229. The van der Waals surface area contributed by atoms with Crippen LogP contribution in [0, 0.1) is 13.8 Å². The Hall–Kier alpha value is -1.67. The molecule has 1 aliphatic rings. The Bertz CT molecular complexity index is 712. The highest BCUT2D eigenvalue weighted by Crippen LogP contribution is 2.27. The Labute approximate surface area is 124 Å². The lowest BCUT2D eigenvalue weighted by atomic mass is 10.1. The van der Waals surface area contributed by atoms with Crippen molar-refractivity contribution < 1.29 is 8.42 Å². The van der Waals surface area contributed by atoms with Crippen LogP contribution in [0.4, 0.5) is 0 Å². The second-order valence-corrected chi connectivity index (χ2v) is 7.38. The Morgan fingerprint density at radius 2 is 2.00 bits per heavy atom. The van der Waals surface area contributed by atoms with Crippen molar-refractivity contribution in [2.45, 2.75) is 37.6 Å². The molecule has 0 bridgehead atoms. The quantitative estimate of drug-likeness (QED) is 0.925. The van der Waals surface area contributed by atoms with Crippen LogP contribution in [0.5, 0.6) is 0 Å². The Morgan fingerprint density at radius 3 is 2.52 bits per heavy atom. The zero-order chi connectivity index (χ0) is 15.0. The minimum atomic E-state index is -3.42. The molecular formula is C13H19N5O2S. The van der Waals surface area contributed by atoms with Gasteiger partial charge in [-0.3, -0.25) is 9.78 Å². The highest BCUT2D eigenvalue weighted by molar-refractivity contribution is 7.89. The van der Waals surface area contributed by atoms with Crippen molar-refractivity contribution in [2.75, 3.05) is 13.1 Å². The van der Waals surface area contributed by atoms with Gasteiger partial charge in [0.1, 0.15) is 4.90 Å². The standard InChI is InChI=1S/C13H19N5O2S/c1-10-7-11(2)18(16-10)12-3-5-17(6-4-12)21(19,20)13-8-14-15-9-13/h7-9,12H,3-6H2,1-2H3,(H,14,15). The predicted octanol–water partition coefficient (Wildman–Crippen LogP) is 1.25. The Balaban J connectivity index is 1.72. The molecule has 1 saturated heterocycles. The topological polar surface area (TPSA) is 83.9 Å². The van der Waals surface area contributed by atoms with E-state index in [0.717, 1.165) is 24.2 Å². The zero-order valence-electron chi connectivity index (χ0n) is 12.2. The third-order valence-electron chi connectivity index (χ3n) is 3.92. The molecule has 3 rings (SSSR count). The number of hydrogen-bond donors (Lipinski definition) is 1. The number of piperidine rings is 1. The van der Waals surface area contributed by atoms with Gasteiger partial charge < -0.3 is 0 Å². The highest BCUT2D eigenvalue weighted by atomic mass is 32.2. The van der Waals surface area contributed by atoms with E-state index < -0.39 is 10.0 Å². The molecule has 0 aromatic carbocycles. The molecule has 0 unspecified atom stereocenters. The van der Waals surface area contributed by atoms with Crippen molar-refractivity contribution in [3.05, 3.63) is 29.8 Å². The summed E-state index contributed by atoms with van der Waals surface area (Å²) in [6.07, 6.45) is 4.32. The smallest absolute Gasteiger partial charge is 0.246 e. The molecule has 0 atom stereocenters. The number of hydrogen-bond acceptors (Lipinski definition) is 4. The van der Waals surface area contributed by atoms with E-state index in [-0.39, 0.29) is 10.9 Å². The molecule has 1 aliphatic heterocycles. The average Bonchev–Trinajstić information content (AvgIpc) is 3.09. The number of nitrogens with zero attached hydrogens (tertiary/aromatic N) is 4. The van der Waals surface area contributed by atoms with Gasteiger partial charge in [-0.1, -0.05) is 0 Å². The van der Waals surface area contributed by atoms with Gasteiger partial charge in [0.25, 0.3) is 0 Å². The summed E-state index contributed by atoms with van der Waals surface area (Å²) < 4.78 is 28.4. The maximum atomic E-state index is 12.4. The molecule has 1 N–H and O–H groups in total. The first-order chi connectivity index (χ1) is 9.98. The molecule has 7 nitrogen and oxygen atoms in total. The van der Waals surface area contributed by atoms with Crippen LogP contribution in [0.2, 0.25) is 0 Å². The van der Waals surface area contributed by atoms with Gasteiger partial charge in [-0.2, -0.15) is 14.5 Å². The Kier molecular flexibility index (Phi) is 3.58. The average molecular weight is 309 g/mol. The number of aromatic amines is 1. The molecule has 0 amide bonds. The van der Waals surface area contributed by atoms with Crippen LogP contribution in [-0.2, 0) is 10.0 Å². The first kappa shape index (κ1) is 14.3. The van der Waals surface area contributed by atoms with Crippen molar-refractivity contribution >= 4 is 10.0 Å². The lowest BCUT2D eigenvalue weighted by molar-refractivity contribution is 0.258. The third-order valence-corrected chi connectivity index (χ3v) is 5.79. The number of H-pyrrole nitrogens is 1. The Morgan fingerprint density at radius 1 is 1.29 bits per heavy atom. The highest BCUT2D eigenvalue weighted by Gasteiger charge is 2.31. The molecule has 2 aromatic heterocycles. The second kappa shape index (κ2) is 5.27. The first-order valence-corrected chi connectivity index (χ1v) is 8.44. The van der Waals surface area contributed by atoms with E-state index in [9.17, 15) is 8.42 Å². The molecule has 1 fully saturated rings. The van der Waals surface area contributed by atoms with E-state index in [4.69, 9.17) is 0 Å². The van der Waals surface area contributed by atoms with Crippen LogP contribution in [0.15, 0.2) is 23.4 Å². The summed E-state index contributed by atoms with van der Waals surface area (Å²) in [5.74, 6) is 0. The van der Waals surface area contributed by atoms with Crippen LogP contribution >= 0.6 is 0 Å². The number of sulfonamides is 1. The fraction of sp³-hybridized carbons (Fsp3) is 0.538. The normalized spacial score (nSPS) is 18.2. The molecule has 8 heteroatoms. The molecule has 0 spiro atoms. The summed E-state index contributed by atoms with van der Waals surface area (Å²) in [6, 6.07) is 2.32. The minimum Gasteiger partial charge on any atom is -0.284 e. The first-order valence-electron chi connectivity index (χ1n) is 7.00. The number of aromatic nitrogens is 4. The van der Waals surface area contributed by atoms with Crippen molar-refractivity contribution in [1.29, 1.82) is 0 Å². The van der Waals surface area contributed by atoms with Crippen molar-refractivity contribution in [2.24, 2.45) is 0 Å². The van der Waals surface area contributed by atoms with E-state index in [1.165, 1.54) is 16.7 Å². The second-order valence-electron chi connectivity index (χ2n) is 5.44. The molecular weight excluding hydrogens is 290 g/mol. The summed E-state index contributed by atoms with van der Waals surface area (Å²) >= 11 is 0. The molecule has 0 aliphatic carbocycles. The maximum absolute atomic E-state index is 12.4. The van der Waals surface area contributed by atoms with Gasteiger partial charge in [-0.05, 0) is 32.8 Å². The third kappa shape index (κ3) is 2.60. The summed E-state index contributed by atoms with van der Waals surface area (Å²) in [7, 11) is -3.42. The maximum Gasteiger partial charge on any atom is 0.246 e. The molecule has 0 saturated carbocycles. The molecule has 114 valence electrons. The van der Waals surface area contributed by atoms with E-state index in [1.54, 1.807) is 0 Å². The van der Waals surface area contributed by atoms with Gasteiger partial charge in [-0.25, -0.2) is 8.42 Å². The summed E-state index contributed by atoms with van der Waals surface area (Å²) in [5.41, 5.74) is 2.13. The lowest BCUT2D eigenvalue weighted by Crippen LogP contribution is -2.39. The summed E-state index contributed by atoms with van der Waals surface area (Å²) in [6.45, 7) is 5.03. The molecule has 21 heavy (non-hydrogen) atoms. The van der Waals surface area contributed by atoms with Gasteiger partial charge in [0.2, 0.25) is 10.0 Å². The van der Waals surface area contributed by atoms with Gasteiger partial charge in [-0.15, -0.1) is 0 Å². The van der Waals surface area contributed by atoms with Gasteiger partial charge in [0, 0.05) is 25.0 Å². The van der Waals surface area contributed by atoms with Crippen molar-refractivity contribution in [3.8, 4) is 0 Å². The van der Waals surface area contributed by atoms with E-state index in [0.29, 0.717) is 13.1 Å². The fourth-order valence-electron chi connectivity index (χ4n) is 2.87. The van der Waals surface area contributed by atoms with E-state index >= 15 is 0 Å². The van der Waals surface area contributed by atoms with Crippen LogP contribution in [-0.4, -0.2) is 45.8 Å².